The van der Waals surface area contributed by atoms with Crippen molar-refractivity contribution >= 4 is 29.1 Å². The van der Waals surface area contributed by atoms with Gasteiger partial charge in [0.2, 0.25) is 5.95 Å². The molecule has 0 fully saturated rings. The van der Waals surface area contributed by atoms with Crippen LogP contribution in [-0.4, -0.2) is 20.7 Å². The van der Waals surface area contributed by atoms with Gasteiger partial charge in [-0.2, -0.15) is 0 Å². The van der Waals surface area contributed by atoms with Gasteiger partial charge < -0.3 is 0 Å². The van der Waals surface area contributed by atoms with Crippen molar-refractivity contribution in [3.63, 3.8) is 0 Å². The Hall–Kier alpha value is -1.88. The summed E-state index contributed by atoms with van der Waals surface area (Å²) in [6, 6.07) is 7.04. The SMILES string of the molecule is O=C1Cn2cnnc2N1c1ccc(Cl)cc1. The molecule has 0 aliphatic carbocycles. The Balaban J connectivity index is 2.07. The molecule has 1 aromatic carbocycles. The molecular weight excluding hydrogens is 228 g/mol. The van der Waals surface area contributed by atoms with E-state index in [0.29, 0.717) is 11.0 Å². The summed E-state index contributed by atoms with van der Waals surface area (Å²) in [7, 11) is 0. The van der Waals surface area contributed by atoms with E-state index in [-0.39, 0.29) is 12.5 Å². The number of nitrogens with zero attached hydrogens (tertiary/aromatic N) is 4. The van der Waals surface area contributed by atoms with Crippen molar-refractivity contribution in [1.29, 1.82) is 0 Å². The van der Waals surface area contributed by atoms with Gasteiger partial charge in [-0.25, -0.2) is 4.90 Å². The number of fused-ring (bicyclic) bond motifs is 1. The summed E-state index contributed by atoms with van der Waals surface area (Å²) in [6.07, 6.45) is 1.54. The van der Waals surface area contributed by atoms with Crippen LogP contribution in [0.5, 0.6) is 0 Å². The normalized spacial score (nSPS) is 14.3. The van der Waals surface area contributed by atoms with Crippen LogP contribution in [0.2, 0.25) is 5.02 Å². The van der Waals surface area contributed by atoms with Crippen LogP contribution in [0.4, 0.5) is 11.6 Å². The maximum Gasteiger partial charge on any atom is 0.254 e. The maximum absolute atomic E-state index is 11.8. The van der Waals surface area contributed by atoms with E-state index >= 15 is 0 Å². The molecule has 1 aliphatic rings. The highest BCUT2D eigenvalue weighted by atomic mass is 35.5. The first-order valence-corrected chi connectivity index (χ1v) is 5.10. The number of benzene rings is 1. The third kappa shape index (κ3) is 1.29. The first kappa shape index (κ1) is 9.35. The first-order valence-electron chi connectivity index (χ1n) is 4.72. The fraction of sp³-hybridized carbons (Fsp3) is 0.100. The minimum Gasteiger partial charge on any atom is -0.290 e. The van der Waals surface area contributed by atoms with Gasteiger partial charge in [0.05, 0.1) is 5.69 Å². The van der Waals surface area contributed by atoms with Crippen LogP contribution < -0.4 is 4.90 Å². The van der Waals surface area contributed by atoms with Crippen molar-refractivity contribution in [3.8, 4) is 0 Å². The highest BCUT2D eigenvalue weighted by Gasteiger charge is 2.30. The highest BCUT2D eigenvalue weighted by molar-refractivity contribution is 6.30. The predicted octanol–water partition coefficient (Wildman–Crippen LogP) is 1.61. The zero-order chi connectivity index (χ0) is 11.1. The third-order valence-electron chi connectivity index (χ3n) is 2.43. The number of hydrogen-bond acceptors (Lipinski definition) is 3. The minimum absolute atomic E-state index is 0.0211. The lowest BCUT2D eigenvalue weighted by Gasteiger charge is -2.13. The number of amides is 1. The Labute approximate surface area is 96.3 Å². The van der Waals surface area contributed by atoms with Gasteiger partial charge in [0.25, 0.3) is 5.91 Å². The van der Waals surface area contributed by atoms with E-state index in [0.717, 1.165) is 5.69 Å². The molecule has 5 nitrogen and oxygen atoms in total. The number of halogens is 1. The van der Waals surface area contributed by atoms with Gasteiger partial charge in [0.15, 0.2) is 0 Å². The average molecular weight is 235 g/mol. The summed E-state index contributed by atoms with van der Waals surface area (Å²) < 4.78 is 1.71. The summed E-state index contributed by atoms with van der Waals surface area (Å²) in [5.41, 5.74) is 0.751. The standard InChI is InChI=1S/C10H7ClN4O/c11-7-1-3-8(4-2-7)15-9(16)5-14-6-12-13-10(14)15/h1-4,6H,5H2. The van der Waals surface area contributed by atoms with E-state index in [1.807, 2.05) is 0 Å². The minimum atomic E-state index is -0.0211. The summed E-state index contributed by atoms with van der Waals surface area (Å²) in [4.78, 5) is 13.3. The molecule has 0 radical (unpaired) electrons. The molecule has 3 rings (SSSR count). The smallest absolute Gasteiger partial charge is 0.254 e. The lowest BCUT2D eigenvalue weighted by molar-refractivity contribution is -0.117. The summed E-state index contributed by atoms with van der Waals surface area (Å²) >= 11 is 5.80. The second-order valence-electron chi connectivity index (χ2n) is 3.46. The van der Waals surface area contributed by atoms with Crippen molar-refractivity contribution in [1.82, 2.24) is 14.8 Å². The lowest BCUT2D eigenvalue weighted by Crippen LogP contribution is -2.21. The Bertz CT molecular complexity index is 548. The molecule has 0 bridgehead atoms. The quantitative estimate of drug-likeness (QED) is 0.753. The van der Waals surface area contributed by atoms with Gasteiger partial charge in [0, 0.05) is 5.02 Å². The van der Waals surface area contributed by atoms with Crippen molar-refractivity contribution in [3.05, 3.63) is 35.6 Å². The monoisotopic (exact) mass is 234 g/mol. The van der Waals surface area contributed by atoms with E-state index in [1.54, 1.807) is 35.2 Å². The Kier molecular flexibility index (Phi) is 1.94. The molecule has 0 N–H and O–H groups in total. The number of carbonyl (C=O) groups is 1. The van der Waals surface area contributed by atoms with Crippen molar-refractivity contribution in [2.24, 2.45) is 0 Å². The topological polar surface area (TPSA) is 51.0 Å². The number of aromatic nitrogens is 3. The lowest BCUT2D eigenvalue weighted by atomic mass is 10.3. The van der Waals surface area contributed by atoms with E-state index in [9.17, 15) is 4.79 Å². The molecule has 1 aromatic heterocycles. The van der Waals surface area contributed by atoms with Crippen LogP contribution in [0, 0.1) is 0 Å². The first-order chi connectivity index (χ1) is 7.75. The zero-order valence-electron chi connectivity index (χ0n) is 8.17. The van der Waals surface area contributed by atoms with Crippen LogP contribution in [0.1, 0.15) is 0 Å². The Morgan fingerprint density at radius 3 is 2.75 bits per heavy atom. The molecule has 6 heteroatoms. The molecule has 2 aromatic rings. The molecule has 80 valence electrons. The Morgan fingerprint density at radius 1 is 1.25 bits per heavy atom. The van der Waals surface area contributed by atoms with Gasteiger partial charge in [-0.05, 0) is 24.3 Å². The van der Waals surface area contributed by atoms with Crippen LogP contribution in [-0.2, 0) is 11.3 Å². The van der Waals surface area contributed by atoms with Crippen LogP contribution in [0.15, 0.2) is 30.6 Å². The van der Waals surface area contributed by atoms with Crippen molar-refractivity contribution < 1.29 is 4.79 Å². The predicted molar refractivity (Wildman–Crippen MR) is 58.6 cm³/mol. The van der Waals surface area contributed by atoms with Crippen molar-refractivity contribution in [2.75, 3.05) is 4.90 Å². The number of hydrogen-bond donors (Lipinski definition) is 0. The van der Waals surface area contributed by atoms with Gasteiger partial charge in [-0.1, -0.05) is 11.6 Å². The fourth-order valence-electron chi connectivity index (χ4n) is 1.71. The molecule has 16 heavy (non-hydrogen) atoms. The summed E-state index contributed by atoms with van der Waals surface area (Å²) in [5, 5.41) is 8.31. The van der Waals surface area contributed by atoms with E-state index < -0.39 is 0 Å². The molecule has 0 atom stereocenters. The second kappa shape index (κ2) is 3.31. The van der Waals surface area contributed by atoms with E-state index in [2.05, 4.69) is 10.2 Å². The Morgan fingerprint density at radius 2 is 2.00 bits per heavy atom. The molecule has 0 saturated carbocycles. The summed E-state index contributed by atoms with van der Waals surface area (Å²) in [5.74, 6) is 0.527. The molecule has 0 spiro atoms. The third-order valence-corrected chi connectivity index (χ3v) is 2.69. The zero-order valence-corrected chi connectivity index (χ0v) is 8.92. The van der Waals surface area contributed by atoms with Gasteiger partial charge >= 0.3 is 0 Å². The van der Waals surface area contributed by atoms with Crippen LogP contribution in [0.3, 0.4) is 0 Å². The van der Waals surface area contributed by atoms with Gasteiger partial charge in [-0.3, -0.25) is 9.36 Å². The molecule has 1 amide bonds. The average Bonchev–Trinajstić information content (AvgIpc) is 2.79. The van der Waals surface area contributed by atoms with Crippen molar-refractivity contribution in [2.45, 2.75) is 6.54 Å². The molecule has 1 aliphatic heterocycles. The molecule has 0 unspecified atom stereocenters. The summed E-state index contributed by atoms with van der Waals surface area (Å²) in [6.45, 7) is 0.283. The van der Waals surface area contributed by atoms with E-state index in [4.69, 9.17) is 11.6 Å². The van der Waals surface area contributed by atoms with E-state index in [1.165, 1.54) is 4.90 Å². The maximum atomic E-state index is 11.8. The largest absolute Gasteiger partial charge is 0.290 e. The van der Waals surface area contributed by atoms with Gasteiger partial charge in [-0.15, -0.1) is 10.2 Å². The van der Waals surface area contributed by atoms with Crippen LogP contribution >= 0.6 is 11.6 Å². The molecular formula is C10H7ClN4O. The fourth-order valence-corrected chi connectivity index (χ4v) is 1.84. The molecule has 0 saturated heterocycles. The second-order valence-corrected chi connectivity index (χ2v) is 3.90. The number of anilines is 2. The number of carbonyl (C=O) groups excluding carboxylic acids is 1. The van der Waals surface area contributed by atoms with Gasteiger partial charge in [0.1, 0.15) is 12.9 Å². The number of rotatable bonds is 1. The van der Waals surface area contributed by atoms with Crippen LogP contribution in [0.25, 0.3) is 0 Å². The molecule has 2 heterocycles. The highest BCUT2D eigenvalue weighted by Crippen LogP contribution is 2.29.